The number of thioether (sulfide) groups is 1. The molecule has 0 saturated carbocycles. The van der Waals surface area contributed by atoms with Gasteiger partial charge in [-0.05, 0) is 42.1 Å². The van der Waals surface area contributed by atoms with E-state index in [2.05, 4.69) is 10.1 Å². The number of nitrogens with one attached hydrogen (secondary N) is 1. The summed E-state index contributed by atoms with van der Waals surface area (Å²) in [5.41, 5.74) is 0.771. The molecule has 11 heteroatoms. The summed E-state index contributed by atoms with van der Waals surface area (Å²) in [5.74, 6) is 0.175. The maximum atomic E-state index is 12.6. The molecule has 0 aliphatic carbocycles. The van der Waals surface area contributed by atoms with Gasteiger partial charge in [0.25, 0.3) is 5.91 Å². The van der Waals surface area contributed by atoms with E-state index in [4.69, 9.17) is 26.2 Å². The number of carbonyl (C=O) groups is 2. The monoisotopic (exact) mass is 483 g/mol. The van der Waals surface area contributed by atoms with Crippen LogP contribution in [0.25, 0.3) is 17.4 Å². The van der Waals surface area contributed by atoms with Crippen LogP contribution in [0.5, 0.6) is 0 Å². The van der Waals surface area contributed by atoms with Crippen LogP contribution in [0.4, 0.5) is 0 Å². The van der Waals surface area contributed by atoms with Gasteiger partial charge >= 0.3 is 0 Å². The number of hydrazone groups is 1. The van der Waals surface area contributed by atoms with Crippen molar-refractivity contribution >= 4 is 57.3 Å². The number of amides is 2. The van der Waals surface area contributed by atoms with Crippen molar-refractivity contribution in [2.75, 3.05) is 26.3 Å². The lowest BCUT2D eigenvalue weighted by atomic mass is 10.1. The Kier molecular flexibility index (Phi) is 5.88. The van der Waals surface area contributed by atoms with Gasteiger partial charge in [-0.25, -0.2) is 0 Å². The molecule has 2 aromatic rings. The SMILES string of the molecule is N=C1/C(=C/c2ccc(-c3ccccc3Cl)o2)C(=O)N=C2SC(CC(=O)N3CCOCC3)=NN12. The number of nitrogens with zero attached hydrogens (tertiary/aromatic N) is 4. The van der Waals surface area contributed by atoms with E-state index in [-0.39, 0.29) is 28.9 Å². The fourth-order valence-electron chi connectivity index (χ4n) is 3.54. The van der Waals surface area contributed by atoms with Gasteiger partial charge < -0.3 is 14.1 Å². The standard InChI is InChI=1S/C22H18ClN5O4S/c23-16-4-2-1-3-14(16)17-6-5-13(32-17)11-15-20(24)28-22(25-21(15)30)33-18(26-28)12-19(29)27-7-9-31-10-8-27/h1-6,11,24H,7-10,12H2/b15-11-,24-20?. The van der Waals surface area contributed by atoms with Crippen molar-refractivity contribution in [3.63, 3.8) is 0 Å². The summed E-state index contributed by atoms with van der Waals surface area (Å²) in [5, 5.41) is 15.4. The number of benzene rings is 1. The number of hydrogen-bond donors (Lipinski definition) is 1. The molecule has 4 heterocycles. The smallest absolute Gasteiger partial charge is 0.283 e. The first-order valence-corrected chi connectivity index (χ1v) is 11.4. The second-order valence-corrected chi connectivity index (χ2v) is 8.81. The molecule has 3 aliphatic rings. The third-order valence-electron chi connectivity index (χ3n) is 5.22. The minimum absolute atomic E-state index is 0.0453. The summed E-state index contributed by atoms with van der Waals surface area (Å²) in [6.45, 7) is 2.12. The normalized spacial score (nSPS) is 19.6. The number of amidine groups is 2. The molecule has 9 nitrogen and oxygen atoms in total. The van der Waals surface area contributed by atoms with E-state index in [0.717, 1.165) is 17.3 Å². The van der Waals surface area contributed by atoms with Gasteiger partial charge in [0.1, 0.15) is 16.6 Å². The Bertz CT molecular complexity index is 1240. The van der Waals surface area contributed by atoms with Crippen LogP contribution < -0.4 is 0 Å². The lowest BCUT2D eigenvalue weighted by Gasteiger charge is -2.26. The van der Waals surface area contributed by atoms with Crippen LogP contribution in [0.1, 0.15) is 12.2 Å². The maximum Gasteiger partial charge on any atom is 0.283 e. The summed E-state index contributed by atoms with van der Waals surface area (Å²) in [7, 11) is 0. The van der Waals surface area contributed by atoms with Crippen LogP contribution in [0.2, 0.25) is 5.02 Å². The number of carbonyl (C=O) groups excluding carboxylic acids is 2. The summed E-state index contributed by atoms with van der Waals surface area (Å²) in [4.78, 5) is 30.9. The molecule has 3 aliphatic heterocycles. The molecule has 1 N–H and O–H groups in total. The molecular formula is C22H18ClN5O4S. The van der Waals surface area contributed by atoms with Crippen LogP contribution in [0, 0.1) is 5.41 Å². The quantitative estimate of drug-likeness (QED) is 0.666. The number of ether oxygens (including phenoxy) is 1. The van der Waals surface area contributed by atoms with Gasteiger partial charge in [-0.15, -0.1) is 0 Å². The fourth-order valence-corrected chi connectivity index (χ4v) is 4.64. The average Bonchev–Trinajstić information content (AvgIpc) is 3.44. The molecule has 0 unspecified atom stereocenters. The number of rotatable bonds is 4. The minimum atomic E-state index is -0.564. The molecule has 1 saturated heterocycles. The zero-order chi connectivity index (χ0) is 22.9. The Hall–Kier alpha value is -3.21. The van der Waals surface area contributed by atoms with Crippen LogP contribution in [-0.2, 0) is 14.3 Å². The third-order valence-corrected chi connectivity index (χ3v) is 6.45. The number of furan rings is 1. The highest BCUT2D eigenvalue weighted by molar-refractivity contribution is 8.27. The number of morpholine rings is 1. The maximum absolute atomic E-state index is 12.6. The van der Waals surface area contributed by atoms with Gasteiger partial charge in [0.15, 0.2) is 5.84 Å². The zero-order valence-electron chi connectivity index (χ0n) is 17.3. The van der Waals surface area contributed by atoms with Crippen molar-refractivity contribution in [2.45, 2.75) is 6.42 Å². The summed E-state index contributed by atoms with van der Waals surface area (Å²) in [6.07, 6.45) is 1.54. The van der Waals surface area contributed by atoms with Gasteiger partial charge in [0.05, 0.1) is 30.2 Å². The largest absolute Gasteiger partial charge is 0.457 e. The number of halogens is 1. The number of hydrogen-bond acceptors (Lipinski definition) is 7. The van der Waals surface area contributed by atoms with E-state index in [1.165, 1.54) is 11.1 Å². The number of fused-ring (bicyclic) bond motifs is 1. The predicted molar refractivity (Wildman–Crippen MR) is 126 cm³/mol. The van der Waals surface area contributed by atoms with Crippen LogP contribution in [0.3, 0.4) is 0 Å². The highest BCUT2D eigenvalue weighted by Crippen LogP contribution is 2.32. The topological polar surface area (TPSA) is 112 Å². The van der Waals surface area contributed by atoms with E-state index in [9.17, 15) is 9.59 Å². The Balaban J connectivity index is 1.34. The van der Waals surface area contributed by atoms with Gasteiger partial charge in [0.2, 0.25) is 11.1 Å². The first kappa shape index (κ1) is 21.6. The van der Waals surface area contributed by atoms with Crippen LogP contribution in [-0.4, -0.2) is 64.1 Å². The molecule has 0 bridgehead atoms. The molecule has 2 amide bonds. The van der Waals surface area contributed by atoms with Crippen molar-refractivity contribution in [1.82, 2.24) is 9.91 Å². The molecule has 1 fully saturated rings. The average molecular weight is 484 g/mol. The van der Waals surface area contributed by atoms with E-state index in [0.29, 0.717) is 47.9 Å². The molecule has 0 spiro atoms. The predicted octanol–water partition coefficient (Wildman–Crippen LogP) is 3.47. The lowest BCUT2D eigenvalue weighted by molar-refractivity contribution is -0.133. The van der Waals surface area contributed by atoms with Crippen LogP contribution >= 0.6 is 23.4 Å². The van der Waals surface area contributed by atoms with Crippen LogP contribution in [0.15, 0.2) is 56.5 Å². The van der Waals surface area contributed by atoms with Gasteiger partial charge in [0, 0.05) is 18.7 Å². The summed E-state index contributed by atoms with van der Waals surface area (Å²) < 4.78 is 11.1. The van der Waals surface area contributed by atoms with E-state index in [1.807, 2.05) is 18.2 Å². The first-order chi connectivity index (χ1) is 16.0. The Morgan fingerprint density at radius 1 is 1.21 bits per heavy atom. The van der Waals surface area contributed by atoms with Crippen molar-refractivity contribution in [3.8, 4) is 11.3 Å². The molecular weight excluding hydrogens is 466 g/mol. The fraction of sp³-hybridized carbons (Fsp3) is 0.227. The van der Waals surface area contributed by atoms with Crippen molar-refractivity contribution in [1.29, 1.82) is 5.41 Å². The molecule has 33 heavy (non-hydrogen) atoms. The zero-order valence-corrected chi connectivity index (χ0v) is 18.9. The van der Waals surface area contributed by atoms with Crippen molar-refractivity contribution in [2.24, 2.45) is 10.1 Å². The second-order valence-electron chi connectivity index (χ2n) is 7.37. The Morgan fingerprint density at radius 2 is 2.00 bits per heavy atom. The minimum Gasteiger partial charge on any atom is -0.457 e. The molecule has 168 valence electrons. The summed E-state index contributed by atoms with van der Waals surface area (Å²) >= 11 is 7.35. The number of aliphatic imine (C=N–C) groups is 1. The van der Waals surface area contributed by atoms with E-state index >= 15 is 0 Å². The Labute approximate surface area is 198 Å². The highest BCUT2D eigenvalue weighted by atomic mass is 35.5. The lowest BCUT2D eigenvalue weighted by Crippen LogP contribution is -2.41. The molecule has 1 aromatic carbocycles. The second kappa shape index (κ2) is 8.97. The van der Waals surface area contributed by atoms with Gasteiger partial charge in [-0.1, -0.05) is 23.7 Å². The third kappa shape index (κ3) is 4.37. The molecule has 0 radical (unpaired) electrons. The van der Waals surface area contributed by atoms with Crippen molar-refractivity contribution < 1.29 is 18.7 Å². The van der Waals surface area contributed by atoms with Gasteiger partial charge in [-0.2, -0.15) is 15.1 Å². The molecule has 5 rings (SSSR count). The van der Waals surface area contributed by atoms with Crippen molar-refractivity contribution in [3.05, 3.63) is 52.8 Å². The van der Waals surface area contributed by atoms with Gasteiger partial charge in [-0.3, -0.25) is 15.0 Å². The Morgan fingerprint density at radius 3 is 2.79 bits per heavy atom. The summed E-state index contributed by atoms with van der Waals surface area (Å²) in [6, 6.07) is 10.7. The van der Waals surface area contributed by atoms with E-state index in [1.54, 1.807) is 23.1 Å². The molecule has 0 atom stereocenters. The highest BCUT2D eigenvalue weighted by Gasteiger charge is 2.36. The first-order valence-electron chi connectivity index (χ1n) is 10.2. The van der Waals surface area contributed by atoms with E-state index < -0.39 is 5.91 Å². The molecule has 1 aromatic heterocycles.